The molecule has 0 aliphatic carbocycles. The Morgan fingerprint density at radius 1 is 1.29 bits per heavy atom. The van der Waals surface area contributed by atoms with E-state index < -0.39 is 4.92 Å². The molecule has 21 heavy (non-hydrogen) atoms. The second-order valence-corrected chi connectivity index (χ2v) is 4.24. The van der Waals surface area contributed by atoms with Crippen LogP contribution in [0.15, 0.2) is 40.3 Å². The highest BCUT2D eigenvalue weighted by Gasteiger charge is 2.13. The van der Waals surface area contributed by atoms with Crippen LogP contribution >= 0.6 is 0 Å². The van der Waals surface area contributed by atoms with Gasteiger partial charge < -0.3 is 4.42 Å². The average molecular weight is 279 g/mol. The van der Waals surface area contributed by atoms with Gasteiger partial charge in [-0.25, -0.2) is 0 Å². The van der Waals surface area contributed by atoms with Crippen LogP contribution < -0.4 is 0 Å². The van der Waals surface area contributed by atoms with Crippen molar-refractivity contribution in [2.24, 2.45) is 0 Å². The molecule has 0 aliphatic rings. The number of rotatable bonds is 3. The first-order chi connectivity index (χ1) is 10.0. The van der Waals surface area contributed by atoms with E-state index in [-0.39, 0.29) is 11.3 Å². The van der Waals surface area contributed by atoms with Gasteiger partial charge in [0.15, 0.2) is 0 Å². The maximum Gasteiger partial charge on any atom is 0.273 e. The van der Waals surface area contributed by atoms with Gasteiger partial charge in [0, 0.05) is 23.3 Å². The van der Waals surface area contributed by atoms with Crippen LogP contribution in [0.5, 0.6) is 0 Å². The van der Waals surface area contributed by atoms with Crippen LogP contribution in [0.2, 0.25) is 0 Å². The van der Waals surface area contributed by atoms with Gasteiger partial charge in [0.25, 0.3) is 5.69 Å². The quantitative estimate of drug-likeness (QED) is 0.485. The summed E-state index contributed by atoms with van der Waals surface area (Å²) in [6, 6.07) is 11.5. The highest BCUT2D eigenvalue weighted by molar-refractivity contribution is 5.66. The van der Waals surface area contributed by atoms with E-state index in [2.05, 4.69) is 0 Å². The van der Waals surface area contributed by atoms with Gasteiger partial charge in [0.1, 0.15) is 29.2 Å². The van der Waals surface area contributed by atoms with Crippen molar-refractivity contribution in [3.05, 3.63) is 57.3 Å². The summed E-state index contributed by atoms with van der Waals surface area (Å²) in [6.07, 6.45) is 1.31. The largest absolute Gasteiger partial charge is 0.457 e. The van der Waals surface area contributed by atoms with Gasteiger partial charge in [0.2, 0.25) is 0 Å². The van der Waals surface area contributed by atoms with Gasteiger partial charge in [-0.3, -0.25) is 10.1 Å². The Morgan fingerprint density at radius 3 is 2.62 bits per heavy atom. The van der Waals surface area contributed by atoms with Crippen molar-refractivity contribution in [1.29, 1.82) is 10.5 Å². The number of nitro benzene ring substituents is 1. The van der Waals surface area contributed by atoms with E-state index in [1.165, 1.54) is 12.1 Å². The molecule has 6 heteroatoms. The fourth-order valence-corrected chi connectivity index (χ4v) is 1.78. The summed E-state index contributed by atoms with van der Waals surface area (Å²) in [5.41, 5.74) is 1.05. The zero-order valence-electron chi connectivity index (χ0n) is 11.0. The first-order valence-electron chi connectivity index (χ1n) is 5.92. The molecule has 2 aromatic rings. The van der Waals surface area contributed by atoms with Crippen molar-refractivity contribution >= 4 is 11.8 Å². The standard InChI is InChI=1S/C15H9N3O3/c1-10-2-3-12(7-14(10)18(19)20)15-5-4-13(21-15)6-11(8-16)9-17/h2-7H,1H3. The fourth-order valence-electron chi connectivity index (χ4n) is 1.78. The number of aryl methyl sites for hydroxylation is 1. The van der Waals surface area contributed by atoms with Crippen molar-refractivity contribution in [3.8, 4) is 23.5 Å². The van der Waals surface area contributed by atoms with Crippen LogP contribution in [0.4, 0.5) is 5.69 Å². The van der Waals surface area contributed by atoms with Crippen LogP contribution in [0.3, 0.4) is 0 Å². The summed E-state index contributed by atoms with van der Waals surface area (Å²) >= 11 is 0. The Bertz CT molecular complexity index is 803. The van der Waals surface area contributed by atoms with Crippen molar-refractivity contribution in [2.45, 2.75) is 6.92 Å². The van der Waals surface area contributed by atoms with Crippen LogP contribution in [0.1, 0.15) is 11.3 Å². The van der Waals surface area contributed by atoms with Crippen molar-refractivity contribution in [3.63, 3.8) is 0 Å². The topological polar surface area (TPSA) is 104 Å². The molecule has 1 aromatic heterocycles. The molecule has 0 saturated carbocycles. The third-order valence-electron chi connectivity index (χ3n) is 2.84. The number of allylic oxidation sites excluding steroid dienone is 1. The van der Waals surface area contributed by atoms with Crippen molar-refractivity contribution in [1.82, 2.24) is 0 Å². The average Bonchev–Trinajstić information content (AvgIpc) is 2.93. The Balaban J connectivity index is 2.42. The van der Waals surface area contributed by atoms with Gasteiger partial charge in [-0.05, 0) is 19.1 Å². The third kappa shape index (κ3) is 2.96. The third-order valence-corrected chi connectivity index (χ3v) is 2.84. The Hall–Kier alpha value is -3.38. The summed E-state index contributed by atoms with van der Waals surface area (Å²) in [4.78, 5) is 10.5. The Kier molecular flexibility index (Phi) is 3.83. The van der Waals surface area contributed by atoms with Crippen molar-refractivity contribution < 1.29 is 9.34 Å². The maximum atomic E-state index is 10.9. The van der Waals surface area contributed by atoms with Gasteiger partial charge >= 0.3 is 0 Å². The molecule has 2 rings (SSSR count). The fraction of sp³-hybridized carbons (Fsp3) is 0.0667. The van der Waals surface area contributed by atoms with Crippen LogP contribution in [-0.4, -0.2) is 4.92 Å². The molecule has 0 saturated heterocycles. The maximum absolute atomic E-state index is 10.9. The molecule has 0 spiro atoms. The molecule has 1 heterocycles. The number of nitrogens with zero attached hydrogens (tertiary/aromatic N) is 3. The molecule has 0 N–H and O–H groups in total. The lowest BCUT2D eigenvalue weighted by atomic mass is 10.1. The summed E-state index contributed by atoms with van der Waals surface area (Å²) in [5, 5.41) is 28.3. The first-order valence-corrected chi connectivity index (χ1v) is 5.92. The van der Waals surface area contributed by atoms with Crippen LogP contribution in [0.25, 0.3) is 17.4 Å². The van der Waals surface area contributed by atoms with Gasteiger partial charge in [-0.2, -0.15) is 10.5 Å². The van der Waals surface area contributed by atoms with E-state index in [0.717, 1.165) is 0 Å². The summed E-state index contributed by atoms with van der Waals surface area (Å²) in [7, 11) is 0. The molecule has 0 aliphatic heterocycles. The van der Waals surface area contributed by atoms with Crippen molar-refractivity contribution in [2.75, 3.05) is 0 Å². The predicted molar refractivity (Wildman–Crippen MR) is 74.7 cm³/mol. The lowest BCUT2D eigenvalue weighted by molar-refractivity contribution is -0.385. The predicted octanol–water partition coefficient (Wildman–Crippen LogP) is 3.59. The molecule has 1 aromatic carbocycles. The SMILES string of the molecule is Cc1ccc(-c2ccc(C=C(C#N)C#N)o2)cc1[N+](=O)[O-]. The van der Waals surface area contributed by atoms with E-state index >= 15 is 0 Å². The molecule has 0 bridgehead atoms. The molecule has 0 fully saturated rings. The van der Waals surface area contributed by atoms with E-state index in [1.54, 1.807) is 43.3 Å². The lowest BCUT2D eigenvalue weighted by Gasteiger charge is -2.00. The summed E-state index contributed by atoms with van der Waals surface area (Å²) < 4.78 is 5.48. The Morgan fingerprint density at radius 2 is 2.00 bits per heavy atom. The lowest BCUT2D eigenvalue weighted by Crippen LogP contribution is -1.91. The minimum Gasteiger partial charge on any atom is -0.457 e. The van der Waals surface area contributed by atoms with E-state index in [4.69, 9.17) is 14.9 Å². The monoisotopic (exact) mass is 279 g/mol. The van der Waals surface area contributed by atoms with E-state index in [1.807, 2.05) is 0 Å². The van der Waals surface area contributed by atoms with Gasteiger partial charge in [-0.15, -0.1) is 0 Å². The highest BCUT2D eigenvalue weighted by atomic mass is 16.6. The molecular weight excluding hydrogens is 270 g/mol. The van der Waals surface area contributed by atoms with Gasteiger partial charge in [-0.1, -0.05) is 12.1 Å². The smallest absolute Gasteiger partial charge is 0.273 e. The number of benzene rings is 1. The van der Waals surface area contributed by atoms with Gasteiger partial charge in [0.05, 0.1) is 4.92 Å². The number of nitro groups is 1. The summed E-state index contributed by atoms with van der Waals surface area (Å²) in [6.45, 7) is 1.66. The van der Waals surface area contributed by atoms with E-state index in [0.29, 0.717) is 22.6 Å². The molecular formula is C15H9N3O3. The summed E-state index contributed by atoms with van der Waals surface area (Å²) in [5.74, 6) is 0.769. The second kappa shape index (κ2) is 5.72. The zero-order chi connectivity index (χ0) is 15.4. The number of nitriles is 2. The number of hydrogen-bond donors (Lipinski definition) is 0. The molecule has 0 unspecified atom stereocenters. The molecule has 0 amide bonds. The minimum absolute atomic E-state index is 0.00994. The molecule has 102 valence electrons. The first kappa shape index (κ1) is 14.0. The van der Waals surface area contributed by atoms with Crippen LogP contribution in [-0.2, 0) is 0 Å². The Labute approximate surface area is 120 Å². The molecule has 0 radical (unpaired) electrons. The number of furan rings is 1. The van der Waals surface area contributed by atoms with E-state index in [9.17, 15) is 10.1 Å². The zero-order valence-corrected chi connectivity index (χ0v) is 11.0. The second-order valence-electron chi connectivity index (χ2n) is 4.24. The normalized spacial score (nSPS) is 9.48. The van der Waals surface area contributed by atoms with Crippen LogP contribution in [0, 0.1) is 39.7 Å². The number of hydrogen-bond acceptors (Lipinski definition) is 5. The highest BCUT2D eigenvalue weighted by Crippen LogP contribution is 2.28. The molecule has 6 nitrogen and oxygen atoms in total. The minimum atomic E-state index is -0.452. The molecule has 0 atom stereocenters.